The minimum absolute atomic E-state index is 0.0370. The highest BCUT2D eigenvalue weighted by Gasteiger charge is 2.33. The Morgan fingerprint density at radius 1 is 0.950 bits per heavy atom. The monoisotopic (exact) mass is 605 g/mol. The van der Waals surface area contributed by atoms with Gasteiger partial charge in [-0.15, -0.1) is 0 Å². The summed E-state index contributed by atoms with van der Waals surface area (Å²) in [5.41, 5.74) is 0.896. The topological polar surface area (TPSA) is 96.0 Å². The number of carbonyl (C=O) groups excluding carboxylic acids is 2. The average molecular weight is 607 g/mol. The minimum Gasteiger partial charge on any atom is -0.497 e. The molecule has 40 heavy (non-hydrogen) atoms. The van der Waals surface area contributed by atoms with Crippen molar-refractivity contribution < 1.29 is 22.7 Å². The number of halogens is 2. The molecule has 11 heteroatoms. The van der Waals surface area contributed by atoms with Crippen molar-refractivity contribution in [2.75, 3.05) is 18.0 Å². The van der Waals surface area contributed by atoms with Crippen LogP contribution in [0.25, 0.3) is 0 Å². The number of nitrogens with zero attached hydrogens (tertiary/aromatic N) is 2. The number of nitrogens with one attached hydrogen (secondary N) is 1. The second-order valence-corrected chi connectivity index (χ2v) is 12.0. The molecule has 214 valence electrons. The molecule has 0 aliphatic heterocycles. The molecule has 2 atom stereocenters. The highest BCUT2D eigenvalue weighted by atomic mass is 35.5. The largest absolute Gasteiger partial charge is 0.497 e. The van der Waals surface area contributed by atoms with Gasteiger partial charge in [-0.2, -0.15) is 0 Å². The maximum absolute atomic E-state index is 13.9. The summed E-state index contributed by atoms with van der Waals surface area (Å²) in [6.07, 6.45) is 0.712. The van der Waals surface area contributed by atoms with Gasteiger partial charge in [0.05, 0.1) is 17.7 Å². The molecular formula is C29H33Cl2N3O5S. The van der Waals surface area contributed by atoms with Crippen LogP contribution in [-0.4, -0.2) is 50.9 Å². The van der Waals surface area contributed by atoms with Gasteiger partial charge in [0.1, 0.15) is 18.3 Å². The van der Waals surface area contributed by atoms with Crippen LogP contribution in [0.2, 0.25) is 10.0 Å². The van der Waals surface area contributed by atoms with Crippen molar-refractivity contribution in [1.82, 2.24) is 10.2 Å². The predicted molar refractivity (Wildman–Crippen MR) is 158 cm³/mol. The highest BCUT2D eigenvalue weighted by molar-refractivity contribution is 7.92. The number of carbonyl (C=O) groups is 2. The smallest absolute Gasteiger partial charge is 0.264 e. The van der Waals surface area contributed by atoms with E-state index in [-0.39, 0.29) is 29.1 Å². The lowest BCUT2D eigenvalue weighted by atomic mass is 10.1. The predicted octanol–water partition coefficient (Wildman–Crippen LogP) is 5.53. The van der Waals surface area contributed by atoms with Crippen LogP contribution in [0.5, 0.6) is 5.75 Å². The maximum atomic E-state index is 13.9. The molecule has 0 unspecified atom stereocenters. The summed E-state index contributed by atoms with van der Waals surface area (Å²) in [5, 5.41) is 3.68. The molecule has 0 aliphatic rings. The van der Waals surface area contributed by atoms with E-state index in [1.165, 1.54) is 42.3 Å². The molecule has 1 N–H and O–H groups in total. The van der Waals surface area contributed by atoms with Crippen molar-refractivity contribution in [3.63, 3.8) is 0 Å². The van der Waals surface area contributed by atoms with Gasteiger partial charge >= 0.3 is 0 Å². The highest BCUT2D eigenvalue weighted by Crippen LogP contribution is 2.28. The summed E-state index contributed by atoms with van der Waals surface area (Å²) >= 11 is 12.4. The van der Waals surface area contributed by atoms with Crippen molar-refractivity contribution in [2.45, 2.75) is 50.7 Å². The van der Waals surface area contributed by atoms with Crippen LogP contribution in [0.3, 0.4) is 0 Å². The third-order valence-corrected chi connectivity index (χ3v) is 8.69. The van der Waals surface area contributed by atoms with E-state index in [1.54, 1.807) is 49.4 Å². The quantitative estimate of drug-likeness (QED) is 0.293. The van der Waals surface area contributed by atoms with E-state index in [4.69, 9.17) is 27.9 Å². The van der Waals surface area contributed by atoms with Crippen molar-refractivity contribution in [3.05, 3.63) is 88.4 Å². The summed E-state index contributed by atoms with van der Waals surface area (Å²) in [4.78, 5) is 28.4. The molecule has 0 radical (unpaired) electrons. The number of hydrogen-bond donors (Lipinski definition) is 1. The van der Waals surface area contributed by atoms with Crippen molar-refractivity contribution in [3.8, 4) is 5.75 Å². The molecule has 0 saturated heterocycles. The number of rotatable bonds is 12. The number of amides is 2. The van der Waals surface area contributed by atoms with Crippen LogP contribution in [0.4, 0.5) is 5.69 Å². The van der Waals surface area contributed by atoms with Gasteiger partial charge in [0.15, 0.2) is 0 Å². The van der Waals surface area contributed by atoms with Gasteiger partial charge in [0.2, 0.25) is 11.8 Å². The number of sulfonamides is 1. The van der Waals surface area contributed by atoms with Crippen molar-refractivity contribution in [1.29, 1.82) is 0 Å². The molecule has 8 nitrogen and oxygen atoms in total. The molecule has 2 amide bonds. The molecule has 3 rings (SSSR count). The van der Waals surface area contributed by atoms with Gasteiger partial charge in [-0.3, -0.25) is 13.9 Å². The molecule has 0 saturated carbocycles. The summed E-state index contributed by atoms with van der Waals surface area (Å²) < 4.78 is 33.9. The Morgan fingerprint density at radius 3 is 2.15 bits per heavy atom. The zero-order valence-electron chi connectivity index (χ0n) is 22.8. The zero-order chi connectivity index (χ0) is 29.4. The average Bonchev–Trinajstić information content (AvgIpc) is 2.93. The SMILES string of the molecule is CC[C@H](C)NC(=O)[C@@H](C)N(Cc1cccc(Cl)c1)C(=O)CN(c1cccc(Cl)c1)S(=O)(=O)c1ccc(OC)cc1. The van der Waals surface area contributed by atoms with Gasteiger partial charge in [0.25, 0.3) is 10.0 Å². The zero-order valence-corrected chi connectivity index (χ0v) is 25.1. The number of ether oxygens (including phenoxy) is 1. The van der Waals surface area contributed by atoms with Crippen molar-refractivity contribution >= 4 is 50.7 Å². The summed E-state index contributed by atoms with van der Waals surface area (Å²) in [6, 6.07) is 18.0. The first-order valence-corrected chi connectivity index (χ1v) is 14.9. The number of benzene rings is 3. The lowest BCUT2D eigenvalue weighted by Gasteiger charge is -2.32. The van der Waals surface area contributed by atoms with Crippen molar-refractivity contribution in [2.24, 2.45) is 0 Å². The van der Waals surface area contributed by atoms with Gasteiger partial charge in [0, 0.05) is 22.6 Å². The molecule has 0 heterocycles. The third kappa shape index (κ3) is 7.90. The van der Waals surface area contributed by atoms with Crippen LogP contribution < -0.4 is 14.4 Å². The van der Waals surface area contributed by atoms with E-state index in [2.05, 4.69) is 5.32 Å². The summed E-state index contributed by atoms with van der Waals surface area (Å²) in [6.45, 7) is 4.89. The lowest BCUT2D eigenvalue weighted by molar-refractivity contribution is -0.139. The Balaban J connectivity index is 2.03. The van der Waals surface area contributed by atoms with Crippen LogP contribution in [0.1, 0.15) is 32.8 Å². The van der Waals surface area contributed by atoms with Gasteiger partial charge < -0.3 is 15.0 Å². The molecular weight excluding hydrogens is 573 g/mol. The molecule has 0 spiro atoms. The summed E-state index contributed by atoms with van der Waals surface area (Å²) in [5.74, 6) is -0.445. The summed E-state index contributed by atoms with van der Waals surface area (Å²) in [7, 11) is -2.74. The van der Waals surface area contributed by atoms with Gasteiger partial charge in [-0.05, 0) is 80.4 Å². The Bertz CT molecular complexity index is 1430. The number of anilines is 1. The first-order chi connectivity index (χ1) is 19.0. The molecule has 0 fully saturated rings. The number of hydrogen-bond acceptors (Lipinski definition) is 5. The Labute approximate surface area is 245 Å². The van der Waals surface area contributed by atoms with E-state index >= 15 is 0 Å². The number of methoxy groups -OCH3 is 1. The first kappa shape index (κ1) is 31.3. The van der Waals surface area contributed by atoms with Gasteiger partial charge in [-0.1, -0.05) is 48.3 Å². The second-order valence-electron chi connectivity index (χ2n) is 9.31. The van der Waals surface area contributed by atoms with Gasteiger partial charge in [-0.25, -0.2) is 8.42 Å². The van der Waals surface area contributed by atoms with E-state index < -0.39 is 28.5 Å². The lowest BCUT2D eigenvalue weighted by Crippen LogP contribution is -2.52. The Hall–Kier alpha value is -3.27. The fourth-order valence-corrected chi connectivity index (χ4v) is 5.72. The molecule has 0 aromatic heterocycles. The fourth-order valence-electron chi connectivity index (χ4n) is 3.92. The first-order valence-electron chi connectivity index (χ1n) is 12.7. The standard InChI is InChI=1S/C29H33Cl2N3O5S/c1-5-20(2)32-29(36)21(3)33(18-22-8-6-9-23(30)16-22)28(35)19-34(25-11-7-10-24(31)17-25)40(37,38)27-14-12-26(39-4)13-15-27/h6-17,20-21H,5,18-19H2,1-4H3,(H,32,36)/t20-,21+/m0/s1. The van der Waals surface area contributed by atoms with Crippen LogP contribution in [-0.2, 0) is 26.2 Å². The van der Waals surface area contributed by atoms with Crippen LogP contribution in [0, 0.1) is 0 Å². The molecule has 0 aliphatic carbocycles. The van der Waals surface area contributed by atoms with E-state index in [0.717, 1.165) is 4.31 Å². The molecule has 3 aromatic rings. The molecule has 3 aromatic carbocycles. The van der Waals surface area contributed by atoms with Crippen LogP contribution >= 0.6 is 23.2 Å². The van der Waals surface area contributed by atoms with Crippen LogP contribution in [0.15, 0.2) is 77.7 Å². The molecule has 0 bridgehead atoms. The normalized spacial score (nSPS) is 12.8. The maximum Gasteiger partial charge on any atom is 0.264 e. The Morgan fingerprint density at radius 2 is 1.57 bits per heavy atom. The fraction of sp³-hybridized carbons (Fsp3) is 0.310. The van der Waals surface area contributed by atoms with E-state index in [9.17, 15) is 18.0 Å². The van der Waals surface area contributed by atoms with E-state index in [0.29, 0.717) is 27.8 Å². The minimum atomic E-state index is -4.22. The Kier molecular flexibility index (Phi) is 10.8. The second kappa shape index (κ2) is 13.9. The van der Waals surface area contributed by atoms with E-state index in [1.807, 2.05) is 13.8 Å². The third-order valence-electron chi connectivity index (χ3n) is 6.43.